The van der Waals surface area contributed by atoms with Crippen LogP contribution in [0.4, 0.5) is 20.2 Å². The summed E-state index contributed by atoms with van der Waals surface area (Å²) in [5, 5.41) is 28.9. The van der Waals surface area contributed by atoms with Crippen LogP contribution in [0.5, 0.6) is 23.0 Å². The lowest BCUT2D eigenvalue weighted by molar-refractivity contribution is 0.439. The van der Waals surface area contributed by atoms with Crippen molar-refractivity contribution < 1.29 is 18.3 Å². The smallest absolute Gasteiger partial charge is 0.269 e. The van der Waals surface area contributed by atoms with Gasteiger partial charge in [0.15, 0.2) is 34.5 Å². The van der Waals surface area contributed by atoms with Crippen LogP contribution >= 0.6 is 23.2 Å². The quantitative estimate of drug-likeness (QED) is 0.133. The van der Waals surface area contributed by atoms with Gasteiger partial charge in [-0.1, -0.05) is 57.1 Å². The number of benzene rings is 4. The Balaban J connectivity index is 0.000000316. The first-order chi connectivity index (χ1) is 28.3. The van der Waals surface area contributed by atoms with E-state index in [-0.39, 0.29) is 105 Å². The molecular formula is C45H38Cl2F2N8O4. The molecule has 2 heterocycles. The predicted octanol–water partition coefficient (Wildman–Crippen LogP) is 11.5. The standard InChI is InChI=1S/C23H18ClFN4O2.C20H12ClFN4O2.2CH4/c1-4-7-29-23(30)14(2)8-18(28-29)11-16-5-6-20(24)22(21(16)25)31-19-10-15(13-26)9-17(12-19)27-3;1-11-5-15(25-26-20(11)27)8-13-3-4-17(21)19(18(13)22)28-16-7-12(10-23)6-14(9-16)24-2;;/h5-6,8-10,12H,4,7,11H2,1-2H3;3-7,9H,8H2,1H3,(H,26,27);2*1H4. The molecule has 12 nitrogen and oxygen atoms in total. The van der Waals surface area contributed by atoms with Crippen LogP contribution in [-0.2, 0) is 19.4 Å². The van der Waals surface area contributed by atoms with Crippen LogP contribution in [0.1, 0.15) is 73.0 Å². The average Bonchev–Trinajstić information content (AvgIpc) is 3.23. The Hall–Kier alpha value is -7.36. The third-order valence-electron chi connectivity index (χ3n) is 8.42. The Bertz CT molecular complexity index is 2820. The molecule has 0 fully saturated rings. The van der Waals surface area contributed by atoms with Crippen LogP contribution in [-0.4, -0.2) is 20.0 Å². The van der Waals surface area contributed by atoms with Crippen molar-refractivity contribution in [3.63, 3.8) is 0 Å². The summed E-state index contributed by atoms with van der Waals surface area (Å²) < 4.78 is 42.9. The van der Waals surface area contributed by atoms with E-state index in [9.17, 15) is 9.59 Å². The number of nitrogens with one attached hydrogen (secondary N) is 1. The number of H-pyrrole nitrogens is 1. The van der Waals surface area contributed by atoms with E-state index in [2.05, 4.69) is 25.0 Å². The first-order valence-corrected chi connectivity index (χ1v) is 18.3. The third-order valence-corrected chi connectivity index (χ3v) is 9.02. The molecule has 1 N–H and O–H groups in total. The summed E-state index contributed by atoms with van der Waals surface area (Å²) in [5.74, 6) is -1.53. The number of hydrogen-bond donors (Lipinski definition) is 1. The zero-order valence-electron chi connectivity index (χ0n) is 31.5. The Labute approximate surface area is 361 Å². The van der Waals surface area contributed by atoms with Gasteiger partial charge in [0.1, 0.15) is 11.5 Å². The molecular weight excluding hydrogens is 825 g/mol. The van der Waals surface area contributed by atoms with Crippen molar-refractivity contribution in [3.05, 3.63) is 183 Å². The third kappa shape index (κ3) is 11.9. The largest absolute Gasteiger partial charge is 0.454 e. The van der Waals surface area contributed by atoms with E-state index in [0.717, 1.165) is 6.42 Å². The van der Waals surface area contributed by atoms with E-state index in [1.807, 2.05) is 19.1 Å². The van der Waals surface area contributed by atoms with Gasteiger partial charge in [-0.05, 0) is 92.1 Å². The van der Waals surface area contributed by atoms with E-state index in [4.69, 9.17) is 56.3 Å². The van der Waals surface area contributed by atoms with Gasteiger partial charge in [-0.25, -0.2) is 28.3 Å². The van der Waals surface area contributed by atoms with E-state index >= 15 is 8.78 Å². The summed E-state index contributed by atoms with van der Waals surface area (Å²) in [4.78, 5) is 30.2. The monoisotopic (exact) mass is 862 g/mol. The fourth-order valence-corrected chi connectivity index (χ4v) is 5.99. The SMILES string of the molecule is C.C.[C-]#[N+]c1cc(C#N)cc(Oc2c(Cl)ccc(Cc3cc(C)c(=O)[nH]n3)c2F)c1.[C-]#[N+]c1cc(C#N)cc(Oc2c(Cl)ccc(Cc3cc(C)c(=O)n(CCC)n3)c2F)c1. The highest BCUT2D eigenvalue weighted by Crippen LogP contribution is 2.38. The molecule has 0 aliphatic rings. The van der Waals surface area contributed by atoms with Crippen LogP contribution in [0.2, 0.25) is 10.0 Å². The number of rotatable bonds is 10. The number of aromatic amines is 1. The van der Waals surface area contributed by atoms with Crippen molar-refractivity contribution in [1.29, 1.82) is 10.5 Å². The number of hydrogen-bond acceptors (Lipinski definition) is 8. The first kappa shape index (κ1) is 48.0. The van der Waals surface area contributed by atoms with Gasteiger partial charge in [0.25, 0.3) is 11.1 Å². The van der Waals surface area contributed by atoms with Gasteiger partial charge in [-0.2, -0.15) is 20.7 Å². The fraction of sp³-hybridized carbons (Fsp3) is 0.200. The van der Waals surface area contributed by atoms with Crippen molar-refractivity contribution >= 4 is 34.6 Å². The Morgan fingerprint density at radius 2 is 1.23 bits per heavy atom. The molecule has 0 spiro atoms. The van der Waals surface area contributed by atoms with Crippen molar-refractivity contribution in [2.45, 2.75) is 61.4 Å². The minimum Gasteiger partial charge on any atom is -0.454 e. The number of ether oxygens (including phenoxy) is 2. The highest BCUT2D eigenvalue weighted by molar-refractivity contribution is 6.32. The van der Waals surface area contributed by atoms with Crippen molar-refractivity contribution in [2.75, 3.05) is 0 Å². The van der Waals surface area contributed by atoms with Crippen molar-refractivity contribution in [1.82, 2.24) is 20.0 Å². The summed E-state index contributed by atoms with van der Waals surface area (Å²) in [7, 11) is 0. The molecule has 6 rings (SSSR count). The maximum absolute atomic E-state index is 15.3. The lowest BCUT2D eigenvalue weighted by atomic mass is 10.1. The Morgan fingerprint density at radius 1 is 0.754 bits per heavy atom. The van der Waals surface area contributed by atoms with Crippen LogP contribution in [0.3, 0.4) is 0 Å². The van der Waals surface area contributed by atoms with Crippen molar-refractivity contribution in [3.8, 4) is 35.1 Å². The van der Waals surface area contributed by atoms with Gasteiger partial charge in [-0.15, -0.1) is 0 Å². The molecule has 16 heteroatoms. The molecule has 61 heavy (non-hydrogen) atoms. The molecule has 0 aliphatic heterocycles. The van der Waals surface area contributed by atoms with Gasteiger partial charge in [0.2, 0.25) is 0 Å². The van der Waals surface area contributed by atoms with Crippen LogP contribution in [0.15, 0.2) is 82.4 Å². The zero-order chi connectivity index (χ0) is 42.8. The van der Waals surface area contributed by atoms with E-state index < -0.39 is 11.6 Å². The lowest BCUT2D eigenvalue weighted by Gasteiger charge is -2.13. The molecule has 0 saturated carbocycles. The second kappa shape index (κ2) is 21.6. The molecule has 6 aromatic rings. The van der Waals surface area contributed by atoms with Gasteiger partial charge in [-0.3, -0.25) is 9.59 Å². The molecule has 0 amide bonds. The van der Waals surface area contributed by atoms with Gasteiger partial charge >= 0.3 is 0 Å². The predicted molar refractivity (Wildman–Crippen MR) is 230 cm³/mol. The van der Waals surface area contributed by atoms with Crippen LogP contribution in [0, 0.1) is 61.3 Å². The first-order valence-electron chi connectivity index (χ1n) is 17.5. The number of halogens is 4. The summed E-state index contributed by atoms with van der Waals surface area (Å²) in [6, 6.07) is 21.5. The highest BCUT2D eigenvalue weighted by atomic mass is 35.5. The van der Waals surface area contributed by atoms with E-state index in [1.54, 1.807) is 26.0 Å². The van der Waals surface area contributed by atoms with Gasteiger partial charge in [0.05, 0.1) is 46.7 Å². The summed E-state index contributed by atoms with van der Waals surface area (Å²) in [6.45, 7) is 20.0. The normalized spacial score (nSPS) is 9.95. The topological polar surface area (TPSA) is 155 Å². The Morgan fingerprint density at radius 3 is 1.67 bits per heavy atom. The number of aromatic nitrogens is 4. The minimum atomic E-state index is -0.690. The second-order valence-corrected chi connectivity index (χ2v) is 13.7. The minimum absolute atomic E-state index is 0. The molecule has 4 aromatic carbocycles. The molecule has 0 aliphatic carbocycles. The van der Waals surface area contributed by atoms with Crippen molar-refractivity contribution in [2.24, 2.45) is 0 Å². The molecule has 0 atom stereocenters. The fourth-order valence-electron chi connectivity index (χ4n) is 5.62. The summed E-state index contributed by atoms with van der Waals surface area (Å²) in [5.41, 5.74) is 2.91. The van der Waals surface area contributed by atoms with E-state index in [1.165, 1.54) is 65.3 Å². The molecule has 2 aromatic heterocycles. The Kier molecular flexibility index (Phi) is 17.0. The number of aryl methyl sites for hydroxylation is 3. The maximum atomic E-state index is 15.3. The summed E-state index contributed by atoms with van der Waals surface area (Å²) in [6.07, 6.45) is 0.996. The number of nitrogens with zero attached hydrogens (tertiary/aromatic N) is 7. The molecule has 0 saturated heterocycles. The molecule has 0 unspecified atom stereocenters. The van der Waals surface area contributed by atoms with Gasteiger partial charge < -0.3 is 9.47 Å². The van der Waals surface area contributed by atoms with E-state index in [0.29, 0.717) is 29.1 Å². The zero-order valence-corrected chi connectivity index (χ0v) is 33.0. The lowest BCUT2D eigenvalue weighted by Crippen LogP contribution is -2.26. The number of nitriles is 2. The van der Waals surface area contributed by atoms with Crippen LogP contribution < -0.4 is 20.6 Å². The molecule has 0 bridgehead atoms. The van der Waals surface area contributed by atoms with Gasteiger partial charge in [0, 0.05) is 41.6 Å². The summed E-state index contributed by atoms with van der Waals surface area (Å²) >= 11 is 12.3. The highest BCUT2D eigenvalue weighted by Gasteiger charge is 2.19. The second-order valence-electron chi connectivity index (χ2n) is 12.9. The van der Waals surface area contributed by atoms with Crippen LogP contribution in [0.25, 0.3) is 9.69 Å². The molecule has 0 radical (unpaired) electrons. The molecule has 310 valence electrons. The maximum Gasteiger partial charge on any atom is 0.269 e. The average molecular weight is 864 g/mol.